The van der Waals surface area contributed by atoms with Gasteiger partial charge in [0, 0.05) is 6.20 Å². The van der Waals surface area contributed by atoms with Gasteiger partial charge in [-0.3, -0.25) is 9.36 Å². The molecule has 0 aliphatic heterocycles. The Balaban J connectivity index is 2.46. The number of aromatic nitrogens is 2. The molecule has 0 atom stereocenters. The van der Waals surface area contributed by atoms with Crippen LogP contribution in [0, 0.1) is 11.6 Å². The SMILES string of the molecule is CCOC(=O)c1cn(-c2cc(N)c(Cl)cc2F)c2nc(Cl)c(F)cc2c1=O. The minimum atomic E-state index is -0.968. The first kappa shape index (κ1) is 19.1. The fraction of sp³-hybridized carbons (Fsp3) is 0.118. The van der Waals surface area contributed by atoms with Crippen LogP contribution in [0.4, 0.5) is 14.5 Å². The van der Waals surface area contributed by atoms with Crippen LogP contribution in [-0.4, -0.2) is 22.1 Å². The molecule has 3 aromatic rings. The van der Waals surface area contributed by atoms with Crippen LogP contribution in [0.3, 0.4) is 0 Å². The Kier molecular flexibility index (Phi) is 5.03. The number of nitrogens with two attached hydrogens (primary N) is 1. The number of rotatable bonds is 3. The van der Waals surface area contributed by atoms with E-state index < -0.39 is 33.7 Å². The van der Waals surface area contributed by atoms with Gasteiger partial charge in [-0.1, -0.05) is 23.2 Å². The monoisotopic (exact) mass is 413 g/mol. The Hall–Kier alpha value is -2.71. The number of ether oxygens (including phenoxy) is 1. The molecule has 0 saturated carbocycles. The van der Waals surface area contributed by atoms with E-state index in [1.807, 2.05) is 0 Å². The summed E-state index contributed by atoms with van der Waals surface area (Å²) in [6, 6.07) is 2.98. The molecule has 0 aliphatic carbocycles. The normalized spacial score (nSPS) is 11.0. The van der Waals surface area contributed by atoms with E-state index in [0.29, 0.717) is 0 Å². The zero-order chi connectivity index (χ0) is 19.9. The standard InChI is InChI=1S/C17H11Cl2F2N3O3/c1-2-27-17(26)8-6-24(13-5-12(22)9(18)4-10(13)20)16-7(14(8)25)3-11(21)15(19)23-16/h3-6H,2,22H2,1H3. The molecular formula is C17H11Cl2F2N3O3. The number of carbonyl (C=O) groups excluding carboxylic acids is 1. The number of anilines is 1. The van der Waals surface area contributed by atoms with Crippen molar-refractivity contribution in [1.82, 2.24) is 9.55 Å². The first-order valence-corrected chi connectivity index (χ1v) is 8.33. The maximum atomic E-state index is 14.5. The van der Waals surface area contributed by atoms with E-state index in [1.54, 1.807) is 6.92 Å². The number of halogens is 4. The zero-order valence-electron chi connectivity index (χ0n) is 13.7. The van der Waals surface area contributed by atoms with Gasteiger partial charge in [-0.15, -0.1) is 0 Å². The Morgan fingerprint density at radius 3 is 2.63 bits per heavy atom. The molecule has 140 valence electrons. The maximum Gasteiger partial charge on any atom is 0.343 e. The zero-order valence-corrected chi connectivity index (χ0v) is 15.2. The van der Waals surface area contributed by atoms with E-state index in [2.05, 4.69) is 4.98 Å². The van der Waals surface area contributed by atoms with Crippen LogP contribution in [0.25, 0.3) is 16.7 Å². The van der Waals surface area contributed by atoms with Gasteiger partial charge in [-0.2, -0.15) is 0 Å². The van der Waals surface area contributed by atoms with Crippen LogP contribution in [0.15, 0.2) is 29.2 Å². The molecule has 2 heterocycles. The number of benzene rings is 1. The molecule has 3 rings (SSSR count). The highest BCUT2D eigenvalue weighted by atomic mass is 35.5. The van der Waals surface area contributed by atoms with E-state index in [-0.39, 0.29) is 34.0 Å². The van der Waals surface area contributed by atoms with Crippen molar-refractivity contribution >= 4 is 45.9 Å². The van der Waals surface area contributed by atoms with Crippen molar-refractivity contribution in [2.75, 3.05) is 12.3 Å². The quantitative estimate of drug-likeness (QED) is 0.401. The average molecular weight is 414 g/mol. The van der Waals surface area contributed by atoms with Crippen molar-refractivity contribution in [1.29, 1.82) is 0 Å². The van der Waals surface area contributed by atoms with Gasteiger partial charge in [0.2, 0.25) is 5.43 Å². The van der Waals surface area contributed by atoms with Crippen molar-refractivity contribution in [3.05, 3.63) is 62.0 Å². The number of nitrogens with zero attached hydrogens (tertiary/aromatic N) is 2. The maximum absolute atomic E-state index is 14.5. The van der Waals surface area contributed by atoms with E-state index in [4.69, 9.17) is 33.7 Å². The van der Waals surface area contributed by atoms with E-state index in [0.717, 1.165) is 22.9 Å². The molecule has 0 saturated heterocycles. The Morgan fingerprint density at radius 2 is 1.96 bits per heavy atom. The Morgan fingerprint density at radius 1 is 1.26 bits per heavy atom. The lowest BCUT2D eigenvalue weighted by Gasteiger charge is -2.14. The molecule has 0 fully saturated rings. The first-order chi connectivity index (χ1) is 12.7. The summed E-state index contributed by atoms with van der Waals surface area (Å²) in [6.07, 6.45) is 1.04. The number of pyridine rings is 2. The number of carbonyl (C=O) groups is 1. The second-order valence-electron chi connectivity index (χ2n) is 5.42. The molecule has 27 heavy (non-hydrogen) atoms. The summed E-state index contributed by atoms with van der Waals surface area (Å²) >= 11 is 11.5. The van der Waals surface area contributed by atoms with Crippen LogP contribution >= 0.6 is 23.2 Å². The summed E-state index contributed by atoms with van der Waals surface area (Å²) in [4.78, 5) is 28.5. The van der Waals surface area contributed by atoms with Gasteiger partial charge in [0.15, 0.2) is 16.6 Å². The smallest absolute Gasteiger partial charge is 0.343 e. The summed E-state index contributed by atoms with van der Waals surface area (Å²) in [5.41, 5.74) is 4.19. The molecule has 2 aromatic heterocycles. The third-order valence-electron chi connectivity index (χ3n) is 3.71. The predicted octanol–water partition coefficient (Wildman–Crippen LogP) is 3.73. The lowest BCUT2D eigenvalue weighted by atomic mass is 10.1. The minimum Gasteiger partial charge on any atom is -0.462 e. The van der Waals surface area contributed by atoms with Gasteiger partial charge in [-0.25, -0.2) is 18.6 Å². The summed E-state index contributed by atoms with van der Waals surface area (Å²) in [5.74, 6) is -2.73. The van der Waals surface area contributed by atoms with Crippen LogP contribution in [0.5, 0.6) is 0 Å². The van der Waals surface area contributed by atoms with Crippen molar-refractivity contribution in [2.24, 2.45) is 0 Å². The van der Waals surface area contributed by atoms with Crippen molar-refractivity contribution in [3.8, 4) is 5.69 Å². The van der Waals surface area contributed by atoms with Gasteiger partial charge in [0.05, 0.1) is 28.4 Å². The fourth-order valence-electron chi connectivity index (χ4n) is 2.48. The topological polar surface area (TPSA) is 87.2 Å². The van der Waals surface area contributed by atoms with Crippen LogP contribution in [0.1, 0.15) is 17.3 Å². The second-order valence-corrected chi connectivity index (χ2v) is 6.18. The molecular weight excluding hydrogens is 403 g/mol. The van der Waals surface area contributed by atoms with Gasteiger partial charge in [-0.05, 0) is 25.1 Å². The second kappa shape index (κ2) is 7.13. The third-order valence-corrected chi connectivity index (χ3v) is 4.30. The largest absolute Gasteiger partial charge is 0.462 e. The molecule has 0 aliphatic rings. The molecule has 6 nitrogen and oxygen atoms in total. The summed E-state index contributed by atoms with van der Waals surface area (Å²) < 4.78 is 34.3. The van der Waals surface area contributed by atoms with E-state index in [9.17, 15) is 18.4 Å². The number of hydrogen-bond acceptors (Lipinski definition) is 5. The molecule has 0 amide bonds. The van der Waals surface area contributed by atoms with E-state index in [1.165, 1.54) is 6.07 Å². The van der Waals surface area contributed by atoms with Crippen LogP contribution in [-0.2, 0) is 4.74 Å². The number of esters is 1. The molecule has 0 spiro atoms. The highest BCUT2D eigenvalue weighted by molar-refractivity contribution is 6.33. The highest BCUT2D eigenvalue weighted by Gasteiger charge is 2.21. The molecule has 0 bridgehead atoms. The van der Waals surface area contributed by atoms with Crippen LogP contribution < -0.4 is 11.2 Å². The Bertz CT molecular complexity index is 1150. The van der Waals surface area contributed by atoms with Crippen molar-refractivity contribution in [3.63, 3.8) is 0 Å². The molecule has 0 radical (unpaired) electrons. The van der Waals surface area contributed by atoms with Crippen molar-refractivity contribution < 1.29 is 18.3 Å². The Labute approximate surface area is 161 Å². The molecule has 0 unspecified atom stereocenters. The van der Waals surface area contributed by atoms with Gasteiger partial charge < -0.3 is 10.5 Å². The fourth-order valence-corrected chi connectivity index (χ4v) is 2.76. The highest BCUT2D eigenvalue weighted by Crippen LogP contribution is 2.28. The number of nitrogen functional groups attached to an aromatic ring is 1. The molecule has 2 N–H and O–H groups in total. The van der Waals surface area contributed by atoms with Gasteiger partial charge in [0.1, 0.15) is 11.4 Å². The number of fused-ring (bicyclic) bond motifs is 1. The first-order valence-electron chi connectivity index (χ1n) is 7.58. The number of hydrogen-bond donors (Lipinski definition) is 1. The minimum absolute atomic E-state index is 0.00575. The lowest BCUT2D eigenvalue weighted by Crippen LogP contribution is -2.21. The van der Waals surface area contributed by atoms with Crippen LogP contribution in [0.2, 0.25) is 10.2 Å². The van der Waals surface area contributed by atoms with Gasteiger partial charge in [0.25, 0.3) is 0 Å². The summed E-state index contributed by atoms with van der Waals surface area (Å²) in [7, 11) is 0. The molecule has 10 heteroatoms. The third kappa shape index (κ3) is 3.33. The van der Waals surface area contributed by atoms with E-state index >= 15 is 0 Å². The summed E-state index contributed by atoms with van der Waals surface area (Å²) in [5, 5.41) is -0.832. The van der Waals surface area contributed by atoms with Crippen molar-refractivity contribution in [2.45, 2.75) is 6.92 Å². The summed E-state index contributed by atoms with van der Waals surface area (Å²) in [6.45, 7) is 1.56. The lowest BCUT2D eigenvalue weighted by molar-refractivity contribution is 0.0524. The van der Waals surface area contributed by atoms with Gasteiger partial charge >= 0.3 is 5.97 Å². The predicted molar refractivity (Wildman–Crippen MR) is 97.6 cm³/mol. The average Bonchev–Trinajstić information content (AvgIpc) is 2.61. The molecule has 1 aromatic carbocycles.